The summed E-state index contributed by atoms with van der Waals surface area (Å²) >= 11 is 3.24. The van der Waals surface area contributed by atoms with E-state index >= 15 is 0 Å². The summed E-state index contributed by atoms with van der Waals surface area (Å²) < 4.78 is 5.77. The molecule has 0 radical (unpaired) electrons. The van der Waals surface area contributed by atoms with Gasteiger partial charge in [0.2, 0.25) is 0 Å². The molecule has 25 heavy (non-hydrogen) atoms. The molecule has 1 N–H and O–H groups in total. The first-order chi connectivity index (χ1) is 12.0. The minimum Gasteiger partial charge on any atom is -0.360 e. The number of amides is 1. The van der Waals surface area contributed by atoms with Gasteiger partial charge in [0.05, 0.1) is 4.92 Å². The zero-order chi connectivity index (χ0) is 18.0. The van der Waals surface area contributed by atoms with Crippen LogP contribution < -0.4 is 5.32 Å². The molecule has 0 aliphatic rings. The Bertz CT molecular complexity index is 954. The van der Waals surface area contributed by atoms with Gasteiger partial charge in [0.25, 0.3) is 11.6 Å². The summed E-state index contributed by atoms with van der Waals surface area (Å²) in [5, 5.41) is 17.7. The molecule has 1 aromatic heterocycles. The molecule has 0 atom stereocenters. The number of nitro groups is 1. The molecule has 0 spiro atoms. The van der Waals surface area contributed by atoms with Crippen LogP contribution in [0.15, 0.2) is 57.5 Å². The Balaban J connectivity index is 2.00. The van der Waals surface area contributed by atoms with E-state index < -0.39 is 10.8 Å². The largest absolute Gasteiger partial charge is 0.360 e. The van der Waals surface area contributed by atoms with Gasteiger partial charge in [-0.25, -0.2) is 0 Å². The molecular formula is C17H12BrN3O4. The van der Waals surface area contributed by atoms with Crippen LogP contribution in [0.1, 0.15) is 16.1 Å². The zero-order valence-corrected chi connectivity index (χ0v) is 14.6. The van der Waals surface area contributed by atoms with Crippen LogP contribution in [0.5, 0.6) is 0 Å². The number of aromatic nitrogens is 1. The number of benzene rings is 2. The number of nitrogens with one attached hydrogen (secondary N) is 1. The second-order valence-corrected chi connectivity index (χ2v) is 6.12. The van der Waals surface area contributed by atoms with E-state index in [1.165, 1.54) is 18.2 Å². The van der Waals surface area contributed by atoms with E-state index in [0.29, 0.717) is 21.5 Å². The van der Waals surface area contributed by atoms with Crippen molar-refractivity contribution in [3.63, 3.8) is 0 Å². The van der Waals surface area contributed by atoms with Gasteiger partial charge in [-0.15, -0.1) is 0 Å². The summed E-state index contributed by atoms with van der Waals surface area (Å²) in [5.41, 5.74) is 1.22. The molecule has 2 aromatic carbocycles. The lowest BCUT2D eigenvalue weighted by Crippen LogP contribution is -2.14. The predicted molar refractivity (Wildman–Crippen MR) is 95.4 cm³/mol. The Morgan fingerprint density at radius 1 is 1.24 bits per heavy atom. The summed E-state index contributed by atoms with van der Waals surface area (Å²) in [5.74, 6) is -0.201. The third kappa shape index (κ3) is 3.43. The maximum absolute atomic E-state index is 12.7. The molecule has 0 aliphatic carbocycles. The number of halogens is 1. The van der Waals surface area contributed by atoms with E-state index in [-0.39, 0.29) is 16.9 Å². The molecule has 3 rings (SSSR count). The van der Waals surface area contributed by atoms with Crippen molar-refractivity contribution in [3.8, 4) is 11.3 Å². The van der Waals surface area contributed by atoms with Gasteiger partial charge in [0.1, 0.15) is 22.7 Å². The first-order valence-electron chi connectivity index (χ1n) is 7.24. The maximum Gasteiger partial charge on any atom is 0.292 e. The highest BCUT2D eigenvalue weighted by atomic mass is 79.9. The summed E-state index contributed by atoms with van der Waals surface area (Å²) in [6.07, 6.45) is 0. The van der Waals surface area contributed by atoms with E-state index in [1.54, 1.807) is 19.1 Å². The maximum atomic E-state index is 12.7. The third-order valence-electron chi connectivity index (χ3n) is 3.54. The monoisotopic (exact) mass is 401 g/mol. The molecule has 0 fully saturated rings. The van der Waals surface area contributed by atoms with Crippen LogP contribution in [0.2, 0.25) is 0 Å². The Kier molecular flexibility index (Phi) is 4.62. The van der Waals surface area contributed by atoms with Crippen LogP contribution in [0.25, 0.3) is 11.3 Å². The van der Waals surface area contributed by atoms with Crippen molar-refractivity contribution >= 4 is 33.2 Å². The highest BCUT2D eigenvalue weighted by Crippen LogP contribution is 2.30. The van der Waals surface area contributed by atoms with E-state index in [1.807, 2.05) is 18.2 Å². The minimum atomic E-state index is -0.555. The van der Waals surface area contributed by atoms with Crippen molar-refractivity contribution in [2.45, 2.75) is 6.92 Å². The Morgan fingerprint density at radius 2 is 1.96 bits per heavy atom. The molecule has 8 heteroatoms. The first-order valence-corrected chi connectivity index (χ1v) is 8.03. The number of rotatable bonds is 4. The van der Waals surface area contributed by atoms with Gasteiger partial charge < -0.3 is 9.84 Å². The average Bonchev–Trinajstić information content (AvgIpc) is 2.97. The van der Waals surface area contributed by atoms with E-state index in [4.69, 9.17) is 4.52 Å². The van der Waals surface area contributed by atoms with Crippen LogP contribution in [-0.4, -0.2) is 16.0 Å². The number of anilines is 1. The highest BCUT2D eigenvalue weighted by molar-refractivity contribution is 9.10. The number of carbonyl (C=O) groups excluding carboxylic acids is 1. The fourth-order valence-corrected chi connectivity index (χ4v) is 2.75. The third-order valence-corrected chi connectivity index (χ3v) is 4.03. The number of aryl methyl sites for hydroxylation is 1. The molecular weight excluding hydrogens is 390 g/mol. The first kappa shape index (κ1) is 16.8. The summed E-state index contributed by atoms with van der Waals surface area (Å²) in [7, 11) is 0. The SMILES string of the molecule is Cc1onc(-c2ccccc2)c1C(=O)Nc1cc(Br)ccc1[N+](=O)[O-]. The Labute approximate surface area is 150 Å². The lowest BCUT2D eigenvalue weighted by Gasteiger charge is -2.07. The standard InChI is InChI=1S/C17H12BrN3O4/c1-10-15(16(20-25-10)11-5-3-2-4-6-11)17(22)19-13-9-12(18)7-8-14(13)21(23)24/h2-9H,1H3,(H,19,22). The van der Waals surface area contributed by atoms with Crippen molar-refractivity contribution < 1.29 is 14.2 Å². The van der Waals surface area contributed by atoms with Gasteiger partial charge in [0.15, 0.2) is 0 Å². The normalized spacial score (nSPS) is 10.5. The quantitative estimate of drug-likeness (QED) is 0.509. The molecule has 1 amide bonds. The topological polar surface area (TPSA) is 98.3 Å². The minimum absolute atomic E-state index is 0.0870. The van der Waals surface area contributed by atoms with Gasteiger partial charge >= 0.3 is 0 Å². The van der Waals surface area contributed by atoms with Crippen molar-refractivity contribution in [2.75, 3.05) is 5.32 Å². The lowest BCUT2D eigenvalue weighted by molar-refractivity contribution is -0.383. The fraction of sp³-hybridized carbons (Fsp3) is 0.0588. The van der Waals surface area contributed by atoms with Crippen molar-refractivity contribution in [1.82, 2.24) is 5.16 Å². The van der Waals surface area contributed by atoms with Gasteiger partial charge in [-0.3, -0.25) is 14.9 Å². The van der Waals surface area contributed by atoms with E-state index in [0.717, 1.165) is 0 Å². The summed E-state index contributed by atoms with van der Waals surface area (Å²) in [4.78, 5) is 23.3. The second-order valence-electron chi connectivity index (χ2n) is 5.20. The van der Waals surface area contributed by atoms with Crippen LogP contribution in [0, 0.1) is 17.0 Å². The molecule has 0 saturated carbocycles. The summed E-state index contributed by atoms with van der Waals surface area (Å²) in [6, 6.07) is 13.4. The van der Waals surface area contributed by atoms with Crippen molar-refractivity contribution in [3.05, 3.63) is 74.4 Å². The van der Waals surface area contributed by atoms with Crippen LogP contribution >= 0.6 is 15.9 Å². The van der Waals surface area contributed by atoms with Gasteiger partial charge in [0, 0.05) is 16.1 Å². The molecule has 0 saturated heterocycles. The van der Waals surface area contributed by atoms with Gasteiger partial charge in [-0.05, 0) is 19.1 Å². The van der Waals surface area contributed by atoms with Crippen molar-refractivity contribution in [2.24, 2.45) is 0 Å². The van der Waals surface area contributed by atoms with Crippen LogP contribution in [0.3, 0.4) is 0 Å². The number of hydrogen-bond donors (Lipinski definition) is 1. The predicted octanol–water partition coefficient (Wildman–Crippen LogP) is 4.57. The molecule has 0 aliphatic heterocycles. The lowest BCUT2D eigenvalue weighted by atomic mass is 10.1. The zero-order valence-electron chi connectivity index (χ0n) is 13.0. The van der Waals surface area contributed by atoms with Gasteiger partial charge in [-0.1, -0.05) is 51.4 Å². The second kappa shape index (κ2) is 6.86. The van der Waals surface area contributed by atoms with Crippen LogP contribution in [0.4, 0.5) is 11.4 Å². The number of nitro benzene ring substituents is 1. The Morgan fingerprint density at radius 3 is 2.64 bits per heavy atom. The number of hydrogen-bond acceptors (Lipinski definition) is 5. The van der Waals surface area contributed by atoms with E-state index in [9.17, 15) is 14.9 Å². The molecule has 126 valence electrons. The average molecular weight is 402 g/mol. The molecule has 0 unspecified atom stereocenters. The molecule has 3 aromatic rings. The van der Waals surface area contributed by atoms with Crippen molar-refractivity contribution in [1.29, 1.82) is 0 Å². The van der Waals surface area contributed by atoms with Gasteiger partial charge in [-0.2, -0.15) is 0 Å². The molecule has 1 heterocycles. The number of nitrogens with zero attached hydrogens (tertiary/aromatic N) is 2. The highest BCUT2D eigenvalue weighted by Gasteiger charge is 2.24. The number of carbonyl (C=O) groups is 1. The summed E-state index contributed by atoms with van der Waals surface area (Å²) in [6.45, 7) is 1.61. The molecule has 0 bridgehead atoms. The molecule has 7 nitrogen and oxygen atoms in total. The smallest absolute Gasteiger partial charge is 0.292 e. The van der Waals surface area contributed by atoms with Crippen LogP contribution in [-0.2, 0) is 0 Å². The Hall–Kier alpha value is -3.00. The van der Waals surface area contributed by atoms with E-state index in [2.05, 4.69) is 26.4 Å². The fourth-order valence-electron chi connectivity index (χ4n) is 2.39.